The zero-order chi connectivity index (χ0) is 36.3. The minimum absolute atomic E-state index is 0. The molecule has 0 heterocycles. The lowest BCUT2D eigenvalue weighted by molar-refractivity contribution is -0.475. The lowest BCUT2D eigenvalue weighted by atomic mass is 9.94. The summed E-state index contributed by atoms with van der Waals surface area (Å²) < 4.78 is 24.3. The van der Waals surface area contributed by atoms with Crippen LogP contribution in [0.2, 0.25) is 0 Å². The second kappa shape index (κ2) is 17.9. The van der Waals surface area contributed by atoms with Crippen LogP contribution in [0.25, 0.3) is 0 Å². The highest BCUT2D eigenvalue weighted by Crippen LogP contribution is 2.25. The first kappa shape index (κ1) is 42.7. The first-order valence-corrected chi connectivity index (χ1v) is 15.8. The van der Waals surface area contributed by atoms with Gasteiger partial charge in [-0.05, 0) is 116 Å². The Morgan fingerprint density at radius 1 is 0.755 bits per heavy atom. The number of aromatic hydroxyl groups is 2. The van der Waals surface area contributed by atoms with E-state index in [0.717, 1.165) is 16.7 Å². The second-order valence-corrected chi connectivity index (χ2v) is 14.4. The molecular formula is C39H53ClFN3O5. The van der Waals surface area contributed by atoms with Crippen LogP contribution in [-0.4, -0.2) is 21.9 Å². The van der Waals surface area contributed by atoms with Gasteiger partial charge in [0.05, 0.1) is 5.54 Å². The molecule has 10 heteroatoms. The average molecular weight is 698 g/mol. The van der Waals surface area contributed by atoms with Gasteiger partial charge in [0.2, 0.25) is 0 Å². The number of nitrogens with one attached hydrogen (secondary N) is 1. The van der Waals surface area contributed by atoms with Gasteiger partial charge in [0.15, 0.2) is 0 Å². The van der Waals surface area contributed by atoms with E-state index >= 15 is 0 Å². The molecule has 8 nitrogen and oxygen atoms in total. The summed E-state index contributed by atoms with van der Waals surface area (Å²) in [7, 11) is 0. The number of rotatable bonds is 7. The molecule has 1 amide bonds. The number of quaternary nitrogens is 1. The normalized spacial score (nSPS) is 11.4. The van der Waals surface area contributed by atoms with Gasteiger partial charge in [-0.3, -0.25) is 0 Å². The Hall–Kier alpha value is -4.31. The zero-order valence-corrected chi connectivity index (χ0v) is 30.9. The molecule has 49 heavy (non-hydrogen) atoms. The van der Waals surface area contributed by atoms with Crippen molar-refractivity contribution in [3.63, 3.8) is 0 Å². The molecule has 0 fully saturated rings. The first-order valence-electron chi connectivity index (χ1n) is 15.8. The van der Waals surface area contributed by atoms with E-state index < -0.39 is 22.8 Å². The molecule has 8 N–H and O–H groups in total. The van der Waals surface area contributed by atoms with Crippen LogP contribution in [0.1, 0.15) is 84.6 Å². The predicted octanol–water partition coefficient (Wildman–Crippen LogP) is 4.62. The molecule has 0 saturated heterocycles. The van der Waals surface area contributed by atoms with E-state index in [-0.39, 0.29) is 36.1 Å². The summed E-state index contributed by atoms with van der Waals surface area (Å²) in [5.41, 5.74) is 11.7. The Morgan fingerprint density at radius 3 is 1.76 bits per heavy atom. The van der Waals surface area contributed by atoms with Gasteiger partial charge in [-0.2, -0.15) is 0 Å². The molecule has 4 aromatic carbocycles. The molecule has 0 unspecified atom stereocenters. The summed E-state index contributed by atoms with van der Waals surface area (Å²) in [6, 6.07) is 28.2. The number of carbonyl (C=O) groups is 1. The van der Waals surface area contributed by atoms with E-state index in [4.69, 9.17) is 20.3 Å². The Balaban J connectivity index is 0.000000377. The maximum atomic E-state index is 13.5. The van der Waals surface area contributed by atoms with E-state index in [1.165, 1.54) is 6.07 Å². The number of amides is 1. The number of halogens is 2. The van der Waals surface area contributed by atoms with Crippen molar-refractivity contribution in [1.82, 2.24) is 5.32 Å². The van der Waals surface area contributed by atoms with E-state index in [1.807, 2.05) is 105 Å². The van der Waals surface area contributed by atoms with Crippen LogP contribution in [0.15, 0.2) is 97.1 Å². The van der Waals surface area contributed by atoms with Crippen LogP contribution in [-0.2, 0) is 28.0 Å². The number of carbonyl (C=O) groups excluding carboxylic acids is 1. The topological polar surface area (TPSA) is 142 Å². The standard InChI is InChI=1S/C16H18FNO.C14H21NO3.C9H13NO.ClH/c1-16(2,18)13-7-5-8-14(10-13)19-11-12-6-3-4-9-15(12)17;1-13(2,3)18-12(17)15-14(4,5)10-7-6-8-11(16)9-10;1-9(2,10)7-4-3-5-8(11)6-7;/h3-10H,11,18H2,1-2H3;6-9,16H,1-5H3,(H,15,17);3-6,11H,10H2,1-2H3;1H. The number of alkyl carbamates (subject to hydrolysis) is 1. The van der Waals surface area contributed by atoms with Crippen LogP contribution in [0.4, 0.5) is 9.18 Å². The molecule has 0 aromatic heterocycles. The number of hydrogen-bond acceptors (Lipinski definition) is 6. The number of ether oxygens (including phenoxy) is 2. The SMILES string of the molecule is CC(C)(C)OC(=O)NC(C)(C)c1cccc(O)c1.CC(C)(N)c1cccc(OCc2ccccc2F)c1.CC(C)([NH3+])c1cccc(O)c1.[Cl-]. The largest absolute Gasteiger partial charge is 1.00 e. The highest BCUT2D eigenvalue weighted by Gasteiger charge is 2.26. The average Bonchev–Trinajstić information content (AvgIpc) is 2.95. The lowest BCUT2D eigenvalue weighted by Crippen LogP contribution is -3.00. The van der Waals surface area contributed by atoms with Crippen molar-refractivity contribution in [1.29, 1.82) is 0 Å². The summed E-state index contributed by atoms with van der Waals surface area (Å²) in [6.45, 7) is 17.3. The van der Waals surface area contributed by atoms with E-state index in [1.54, 1.807) is 48.5 Å². The maximum Gasteiger partial charge on any atom is 0.408 e. The molecule has 0 saturated carbocycles. The fourth-order valence-corrected chi connectivity index (χ4v) is 4.22. The van der Waals surface area contributed by atoms with Crippen LogP contribution in [0, 0.1) is 5.82 Å². The van der Waals surface area contributed by atoms with Crippen molar-refractivity contribution >= 4 is 6.09 Å². The third-order valence-electron chi connectivity index (χ3n) is 6.94. The smallest absolute Gasteiger partial charge is 0.408 e. The molecule has 0 atom stereocenters. The van der Waals surface area contributed by atoms with Gasteiger partial charge in [-0.15, -0.1) is 0 Å². The lowest BCUT2D eigenvalue weighted by Gasteiger charge is -2.29. The number of benzene rings is 4. The molecular weight excluding hydrogens is 645 g/mol. The van der Waals surface area contributed by atoms with Gasteiger partial charge in [-0.1, -0.05) is 54.6 Å². The van der Waals surface area contributed by atoms with Crippen molar-refractivity contribution in [2.45, 2.75) is 91.1 Å². The van der Waals surface area contributed by atoms with Gasteiger partial charge >= 0.3 is 6.09 Å². The molecule has 0 aliphatic carbocycles. The van der Waals surface area contributed by atoms with Crippen molar-refractivity contribution in [2.24, 2.45) is 5.73 Å². The first-order chi connectivity index (χ1) is 22.1. The molecule has 0 radical (unpaired) electrons. The molecule has 268 valence electrons. The fraction of sp³-hybridized carbons (Fsp3) is 0.359. The third-order valence-corrected chi connectivity index (χ3v) is 6.94. The van der Waals surface area contributed by atoms with Crippen LogP contribution < -0.4 is 33.9 Å². The number of hydrogen-bond donors (Lipinski definition) is 5. The fourth-order valence-electron chi connectivity index (χ4n) is 4.22. The van der Waals surface area contributed by atoms with E-state index in [0.29, 0.717) is 17.1 Å². The third kappa shape index (κ3) is 15.6. The Morgan fingerprint density at radius 2 is 1.27 bits per heavy atom. The van der Waals surface area contributed by atoms with Crippen LogP contribution in [0.3, 0.4) is 0 Å². The van der Waals surface area contributed by atoms with Crippen LogP contribution >= 0.6 is 0 Å². The zero-order valence-electron chi connectivity index (χ0n) is 30.1. The summed E-state index contributed by atoms with van der Waals surface area (Å²) in [6.07, 6.45) is -0.476. The predicted molar refractivity (Wildman–Crippen MR) is 189 cm³/mol. The number of phenolic OH excluding ortho intramolecular Hbond substituents is 2. The number of nitrogens with two attached hydrogens (primary N) is 1. The highest BCUT2D eigenvalue weighted by atomic mass is 35.5. The van der Waals surface area contributed by atoms with E-state index in [2.05, 4.69) is 11.1 Å². The minimum Gasteiger partial charge on any atom is -1.00 e. The maximum absolute atomic E-state index is 13.5. The summed E-state index contributed by atoms with van der Waals surface area (Å²) >= 11 is 0. The molecule has 4 aromatic rings. The second-order valence-electron chi connectivity index (χ2n) is 14.4. The van der Waals surface area contributed by atoms with Gasteiger partial charge in [0.25, 0.3) is 0 Å². The van der Waals surface area contributed by atoms with Gasteiger partial charge in [0, 0.05) is 16.7 Å². The molecule has 0 spiro atoms. The van der Waals surface area contributed by atoms with E-state index in [9.17, 15) is 14.3 Å². The Kier molecular flexibility index (Phi) is 15.6. The minimum atomic E-state index is -0.610. The van der Waals surface area contributed by atoms with Crippen LogP contribution in [0.5, 0.6) is 17.2 Å². The van der Waals surface area contributed by atoms with Crippen molar-refractivity contribution in [3.8, 4) is 17.2 Å². The van der Waals surface area contributed by atoms with Gasteiger partial charge < -0.3 is 48.9 Å². The Labute approximate surface area is 297 Å². The number of phenols is 2. The Bertz CT molecular complexity index is 1630. The summed E-state index contributed by atoms with van der Waals surface area (Å²) in [4.78, 5) is 11.7. The molecule has 0 bridgehead atoms. The van der Waals surface area contributed by atoms with Gasteiger partial charge in [-0.25, -0.2) is 9.18 Å². The van der Waals surface area contributed by atoms with Gasteiger partial charge in [0.1, 0.15) is 40.8 Å². The summed E-state index contributed by atoms with van der Waals surface area (Å²) in [5, 5.41) is 21.4. The quantitative estimate of drug-likeness (QED) is 0.191. The molecule has 4 rings (SSSR count). The monoisotopic (exact) mass is 697 g/mol. The molecule has 0 aliphatic heterocycles. The molecule has 0 aliphatic rings. The highest BCUT2D eigenvalue weighted by molar-refractivity contribution is 5.69. The van der Waals surface area contributed by atoms with Crippen molar-refractivity contribution in [3.05, 3.63) is 125 Å². The summed E-state index contributed by atoms with van der Waals surface area (Å²) in [5.74, 6) is 0.919. The van der Waals surface area contributed by atoms with Crippen molar-refractivity contribution in [2.75, 3.05) is 0 Å². The van der Waals surface area contributed by atoms with Crippen molar-refractivity contribution < 1.29 is 47.0 Å².